The second-order valence-corrected chi connectivity index (χ2v) is 9.98. The Morgan fingerprint density at radius 2 is 1.26 bits per heavy atom. The van der Waals surface area contributed by atoms with E-state index in [2.05, 4.69) is 48.1 Å². The molecule has 5 nitrogen and oxygen atoms in total. The van der Waals surface area contributed by atoms with Crippen molar-refractivity contribution in [2.45, 2.75) is 97.3 Å². The maximum atomic E-state index is 12.5. The quantitative estimate of drug-likeness (QED) is 0.0959. The molecule has 0 radical (unpaired) electrons. The second-order valence-electron chi connectivity index (χ2n) is 9.98. The smallest absolute Gasteiger partial charge is 0.363 e. The van der Waals surface area contributed by atoms with E-state index in [9.17, 15) is 4.79 Å². The van der Waals surface area contributed by atoms with Gasteiger partial charge in [0.05, 0.1) is 24.7 Å². The predicted octanol–water partition coefficient (Wildman–Crippen LogP) is 9.01. The maximum Gasteiger partial charge on any atom is 0.363 e. The van der Waals surface area contributed by atoms with E-state index in [-0.39, 0.29) is 5.69 Å². The predicted molar refractivity (Wildman–Crippen MR) is 155 cm³/mol. The molecule has 38 heavy (non-hydrogen) atoms. The van der Waals surface area contributed by atoms with Crippen LogP contribution in [-0.2, 0) is 6.42 Å². The topological polar surface area (TPSA) is 61.3 Å². The normalized spacial score (nSPS) is 10.9. The Bertz CT molecular complexity index is 1050. The van der Waals surface area contributed by atoms with Gasteiger partial charge in [0.2, 0.25) is 0 Å². The lowest BCUT2D eigenvalue weighted by molar-refractivity contribution is 0.0728. The number of nitrogens with zero attached hydrogens (tertiary/aromatic N) is 2. The summed E-state index contributed by atoms with van der Waals surface area (Å²) in [4.78, 5) is 21.3. The van der Waals surface area contributed by atoms with E-state index in [1.165, 1.54) is 82.4 Å². The number of hydrogen-bond acceptors (Lipinski definition) is 5. The van der Waals surface area contributed by atoms with Crippen LogP contribution in [0.25, 0.3) is 11.3 Å². The van der Waals surface area contributed by atoms with Gasteiger partial charge >= 0.3 is 5.97 Å². The fourth-order valence-corrected chi connectivity index (χ4v) is 4.37. The van der Waals surface area contributed by atoms with Gasteiger partial charge in [0, 0.05) is 5.56 Å². The summed E-state index contributed by atoms with van der Waals surface area (Å²) in [5.74, 6) is 0.693. The number of aryl methyl sites for hydroxylation is 1. The molecule has 0 aliphatic carbocycles. The molecule has 0 spiro atoms. The number of ether oxygens (including phenoxy) is 2. The molecule has 0 saturated heterocycles. The summed E-state index contributed by atoms with van der Waals surface area (Å²) in [6, 6.07) is 15.6. The van der Waals surface area contributed by atoms with Crippen LogP contribution in [0, 0.1) is 0 Å². The van der Waals surface area contributed by atoms with Crippen molar-refractivity contribution in [3.05, 3.63) is 72.2 Å². The van der Waals surface area contributed by atoms with Crippen LogP contribution in [-0.4, -0.2) is 22.5 Å². The molecular weight excluding hydrogens is 472 g/mol. The average Bonchev–Trinajstić information content (AvgIpc) is 2.95. The summed E-state index contributed by atoms with van der Waals surface area (Å²) < 4.78 is 11.2. The van der Waals surface area contributed by atoms with Gasteiger partial charge in [0.1, 0.15) is 11.5 Å². The number of aromatic nitrogens is 2. The van der Waals surface area contributed by atoms with Gasteiger partial charge in [0.25, 0.3) is 0 Å². The molecule has 5 heteroatoms. The van der Waals surface area contributed by atoms with E-state index in [0.717, 1.165) is 29.8 Å². The standard InChI is InChI=1S/C33H44N2O3/c1-3-5-7-9-10-11-12-13-15-27-16-18-28(19-17-27)31-25-35-32(26-34-31)33(36)38-30-22-20-29(21-23-30)37-24-14-8-6-4-2/h16-23,25-26H,3-15,24H2,1-2H3. The molecule has 0 amide bonds. The van der Waals surface area contributed by atoms with Crippen molar-refractivity contribution in [1.29, 1.82) is 0 Å². The van der Waals surface area contributed by atoms with Crippen LogP contribution < -0.4 is 9.47 Å². The number of unbranched alkanes of at least 4 members (excludes halogenated alkanes) is 10. The third-order valence-electron chi connectivity index (χ3n) is 6.73. The van der Waals surface area contributed by atoms with Gasteiger partial charge < -0.3 is 9.47 Å². The van der Waals surface area contributed by atoms with Crippen LogP contribution in [0.4, 0.5) is 0 Å². The number of rotatable bonds is 18. The van der Waals surface area contributed by atoms with E-state index >= 15 is 0 Å². The van der Waals surface area contributed by atoms with Gasteiger partial charge in [-0.2, -0.15) is 0 Å². The second kappa shape index (κ2) is 17.3. The minimum atomic E-state index is -0.530. The Balaban J connectivity index is 1.41. The Kier molecular flexibility index (Phi) is 13.4. The van der Waals surface area contributed by atoms with Gasteiger partial charge in [-0.3, -0.25) is 4.98 Å². The summed E-state index contributed by atoms with van der Waals surface area (Å²) in [6.45, 7) is 5.15. The van der Waals surface area contributed by atoms with Crippen molar-refractivity contribution < 1.29 is 14.3 Å². The highest BCUT2D eigenvalue weighted by Crippen LogP contribution is 2.21. The van der Waals surface area contributed by atoms with Crippen molar-refractivity contribution in [3.63, 3.8) is 0 Å². The zero-order chi connectivity index (χ0) is 26.8. The Labute approximate surface area is 229 Å². The van der Waals surface area contributed by atoms with Crippen LogP contribution in [0.15, 0.2) is 60.9 Å². The molecule has 0 atom stereocenters. The van der Waals surface area contributed by atoms with E-state index in [1.54, 1.807) is 18.3 Å². The first kappa shape index (κ1) is 29.3. The van der Waals surface area contributed by atoms with Crippen LogP contribution >= 0.6 is 0 Å². The Hall–Kier alpha value is -3.21. The molecule has 1 heterocycles. The summed E-state index contributed by atoms with van der Waals surface area (Å²) in [6.07, 6.45) is 19.5. The van der Waals surface area contributed by atoms with Gasteiger partial charge in [-0.1, -0.05) is 102 Å². The summed E-state index contributed by atoms with van der Waals surface area (Å²) >= 11 is 0. The third-order valence-corrected chi connectivity index (χ3v) is 6.73. The van der Waals surface area contributed by atoms with Crippen molar-refractivity contribution in [1.82, 2.24) is 9.97 Å². The monoisotopic (exact) mass is 516 g/mol. The highest BCUT2D eigenvalue weighted by Gasteiger charge is 2.12. The first-order chi connectivity index (χ1) is 18.7. The van der Waals surface area contributed by atoms with E-state index < -0.39 is 5.97 Å². The van der Waals surface area contributed by atoms with E-state index in [4.69, 9.17) is 9.47 Å². The molecule has 0 fully saturated rings. The Morgan fingerprint density at radius 1 is 0.658 bits per heavy atom. The van der Waals surface area contributed by atoms with E-state index in [1.807, 2.05) is 12.1 Å². The van der Waals surface area contributed by atoms with Crippen LogP contribution in [0.2, 0.25) is 0 Å². The fourth-order valence-electron chi connectivity index (χ4n) is 4.37. The summed E-state index contributed by atoms with van der Waals surface area (Å²) in [5, 5.41) is 0. The maximum absolute atomic E-state index is 12.5. The van der Waals surface area contributed by atoms with Crippen LogP contribution in [0.5, 0.6) is 11.5 Å². The highest BCUT2D eigenvalue weighted by molar-refractivity contribution is 5.88. The summed E-state index contributed by atoms with van der Waals surface area (Å²) in [7, 11) is 0. The molecular formula is C33H44N2O3. The molecule has 3 aromatic rings. The third kappa shape index (κ3) is 10.6. The lowest BCUT2D eigenvalue weighted by Gasteiger charge is -2.08. The average molecular weight is 517 g/mol. The Morgan fingerprint density at radius 3 is 1.89 bits per heavy atom. The molecule has 0 N–H and O–H groups in total. The van der Waals surface area contributed by atoms with Crippen LogP contribution in [0.1, 0.15) is 107 Å². The number of carbonyl (C=O) groups excluding carboxylic acids is 1. The van der Waals surface area contributed by atoms with E-state index in [0.29, 0.717) is 12.4 Å². The fraction of sp³-hybridized carbons (Fsp3) is 0.485. The number of carbonyl (C=O) groups is 1. The molecule has 2 aromatic carbocycles. The molecule has 0 unspecified atom stereocenters. The molecule has 0 saturated carbocycles. The van der Waals surface area contributed by atoms with Gasteiger partial charge in [0.15, 0.2) is 5.69 Å². The SMILES string of the molecule is CCCCCCCCCCc1ccc(-c2cnc(C(=O)Oc3ccc(OCCCCCC)cc3)cn2)cc1. The molecule has 3 rings (SSSR count). The lowest BCUT2D eigenvalue weighted by Crippen LogP contribution is -2.11. The summed E-state index contributed by atoms with van der Waals surface area (Å²) in [5.41, 5.74) is 3.25. The van der Waals surface area contributed by atoms with Crippen molar-refractivity contribution in [2.24, 2.45) is 0 Å². The van der Waals surface area contributed by atoms with Crippen molar-refractivity contribution in [2.75, 3.05) is 6.61 Å². The minimum absolute atomic E-state index is 0.177. The van der Waals surface area contributed by atoms with Gasteiger partial charge in [-0.25, -0.2) is 9.78 Å². The van der Waals surface area contributed by atoms with Gasteiger partial charge in [-0.15, -0.1) is 0 Å². The number of benzene rings is 2. The van der Waals surface area contributed by atoms with Crippen molar-refractivity contribution >= 4 is 5.97 Å². The van der Waals surface area contributed by atoms with Gasteiger partial charge in [-0.05, 0) is 49.1 Å². The first-order valence-corrected chi connectivity index (χ1v) is 14.6. The molecule has 0 aliphatic heterocycles. The zero-order valence-electron chi connectivity index (χ0n) is 23.3. The highest BCUT2D eigenvalue weighted by atomic mass is 16.5. The number of esters is 1. The zero-order valence-corrected chi connectivity index (χ0v) is 23.3. The largest absolute Gasteiger partial charge is 0.494 e. The molecule has 204 valence electrons. The molecule has 1 aromatic heterocycles. The molecule has 0 aliphatic rings. The van der Waals surface area contributed by atoms with Crippen LogP contribution in [0.3, 0.4) is 0 Å². The minimum Gasteiger partial charge on any atom is -0.494 e. The van der Waals surface area contributed by atoms with Crippen molar-refractivity contribution in [3.8, 4) is 22.8 Å². The number of hydrogen-bond donors (Lipinski definition) is 0. The first-order valence-electron chi connectivity index (χ1n) is 14.6. The molecule has 0 bridgehead atoms. The lowest BCUT2D eigenvalue weighted by atomic mass is 10.0.